The highest BCUT2D eigenvalue weighted by atomic mass is 16.1. The van der Waals surface area contributed by atoms with E-state index < -0.39 is 0 Å². The normalized spacial score (nSPS) is 12.6. The molecule has 0 spiro atoms. The van der Waals surface area contributed by atoms with Crippen molar-refractivity contribution < 1.29 is 4.79 Å². The van der Waals surface area contributed by atoms with Crippen molar-refractivity contribution in [1.29, 1.82) is 0 Å². The van der Waals surface area contributed by atoms with Crippen molar-refractivity contribution in [3.05, 3.63) is 19.1 Å². The van der Waals surface area contributed by atoms with E-state index in [0.717, 1.165) is 13.0 Å². The van der Waals surface area contributed by atoms with E-state index in [2.05, 4.69) is 36.6 Å². The van der Waals surface area contributed by atoms with Crippen molar-refractivity contribution in [2.45, 2.75) is 103 Å². The fraction of sp³-hybridized carbons (Fsp3) is 0.810. The van der Waals surface area contributed by atoms with Crippen LogP contribution in [0.2, 0.25) is 0 Å². The van der Waals surface area contributed by atoms with Crippen LogP contribution in [0.5, 0.6) is 0 Å². The van der Waals surface area contributed by atoms with Gasteiger partial charge in [-0.2, -0.15) is 0 Å². The molecule has 0 aromatic heterocycles. The fourth-order valence-corrected chi connectivity index (χ4v) is 2.79. The van der Waals surface area contributed by atoms with Crippen molar-refractivity contribution >= 4 is 6.41 Å². The topological polar surface area (TPSA) is 41.1 Å². The Bertz CT molecular complexity index is 279. The molecule has 0 aliphatic carbocycles. The van der Waals surface area contributed by atoms with E-state index in [1.165, 1.54) is 83.5 Å². The predicted octanol–water partition coefficient (Wildman–Crippen LogP) is 5.52. The maximum Gasteiger partial charge on any atom is 0.208 e. The molecule has 1 amide bonds. The third-order valence-corrected chi connectivity index (χ3v) is 4.35. The zero-order chi connectivity index (χ0) is 17.7. The van der Waals surface area contributed by atoms with E-state index in [0.29, 0.717) is 6.41 Å². The maximum atomic E-state index is 10.2. The van der Waals surface area contributed by atoms with Gasteiger partial charge in [0.1, 0.15) is 0 Å². The summed E-state index contributed by atoms with van der Waals surface area (Å²) in [6, 6.07) is 0. The van der Waals surface area contributed by atoms with E-state index in [-0.39, 0.29) is 6.17 Å². The number of amides is 1. The average molecular weight is 338 g/mol. The monoisotopic (exact) mass is 337 g/mol. The molecule has 3 heteroatoms. The van der Waals surface area contributed by atoms with Crippen LogP contribution >= 0.6 is 0 Å². The third kappa shape index (κ3) is 19.2. The van der Waals surface area contributed by atoms with Gasteiger partial charge < -0.3 is 5.32 Å². The average Bonchev–Trinajstić information content (AvgIpc) is 2.58. The SMILES string of the molecule is [CH2]C(NC=O)NCCCCCCCC/C=C\CCCCCCCC. The number of nitrogens with one attached hydrogen (secondary N) is 2. The molecule has 141 valence electrons. The quantitative estimate of drug-likeness (QED) is 0.141. The molecule has 0 aliphatic rings. The van der Waals surface area contributed by atoms with E-state index in [1.807, 2.05) is 0 Å². The minimum absolute atomic E-state index is 0.161. The van der Waals surface area contributed by atoms with Crippen molar-refractivity contribution in [2.75, 3.05) is 6.54 Å². The van der Waals surface area contributed by atoms with Gasteiger partial charge in [-0.25, -0.2) is 0 Å². The van der Waals surface area contributed by atoms with Gasteiger partial charge in [-0.15, -0.1) is 0 Å². The minimum atomic E-state index is -0.161. The van der Waals surface area contributed by atoms with E-state index >= 15 is 0 Å². The van der Waals surface area contributed by atoms with Crippen molar-refractivity contribution in [3.8, 4) is 0 Å². The summed E-state index contributed by atoms with van der Waals surface area (Å²) in [6.45, 7) is 6.98. The number of hydrogen-bond acceptors (Lipinski definition) is 2. The van der Waals surface area contributed by atoms with Crippen LogP contribution in [-0.4, -0.2) is 19.1 Å². The van der Waals surface area contributed by atoms with E-state index in [1.54, 1.807) is 0 Å². The molecular formula is C21H41N2O. The number of rotatable bonds is 19. The largest absolute Gasteiger partial charge is 0.343 e. The van der Waals surface area contributed by atoms with Gasteiger partial charge in [-0.1, -0.05) is 76.9 Å². The fourth-order valence-electron chi connectivity index (χ4n) is 2.79. The molecule has 0 bridgehead atoms. The van der Waals surface area contributed by atoms with Gasteiger partial charge in [0.25, 0.3) is 0 Å². The van der Waals surface area contributed by atoms with Crippen LogP contribution < -0.4 is 10.6 Å². The second-order valence-electron chi connectivity index (χ2n) is 6.73. The third-order valence-electron chi connectivity index (χ3n) is 4.35. The summed E-state index contributed by atoms with van der Waals surface area (Å²) in [4.78, 5) is 10.2. The molecule has 24 heavy (non-hydrogen) atoms. The predicted molar refractivity (Wildman–Crippen MR) is 106 cm³/mol. The minimum Gasteiger partial charge on any atom is -0.343 e. The summed E-state index contributed by atoms with van der Waals surface area (Å²) in [7, 11) is 0. The van der Waals surface area contributed by atoms with Gasteiger partial charge in [0, 0.05) is 0 Å². The Morgan fingerprint density at radius 2 is 1.29 bits per heavy atom. The summed E-state index contributed by atoms with van der Waals surface area (Å²) < 4.78 is 0. The van der Waals surface area contributed by atoms with Gasteiger partial charge in [-0.3, -0.25) is 10.1 Å². The molecule has 0 aromatic carbocycles. The first-order valence-electron chi connectivity index (χ1n) is 10.2. The lowest BCUT2D eigenvalue weighted by molar-refractivity contribution is -0.110. The smallest absolute Gasteiger partial charge is 0.208 e. The first-order chi connectivity index (χ1) is 11.8. The molecule has 0 aromatic rings. The molecule has 3 nitrogen and oxygen atoms in total. The molecule has 0 rings (SSSR count). The highest BCUT2D eigenvalue weighted by Crippen LogP contribution is 2.09. The molecule has 0 saturated heterocycles. The highest BCUT2D eigenvalue weighted by Gasteiger charge is 1.97. The summed E-state index contributed by atoms with van der Waals surface area (Å²) in [5, 5.41) is 5.76. The van der Waals surface area contributed by atoms with Gasteiger partial charge in [0.2, 0.25) is 6.41 Å². The number of carbonyl (C=O) groups excluding carboxylic acids is 1. The lowest BCUT2D eigenvalue weighted by atomic mass is 10.1. The maximum absolute atomic E-state index is 10.2. The Kier molecular flexibility index (Phi) is 19.5. The molecule has 1 unspecified atom stereocenters. The van der Waals surface area contributed by atoms with Crippen molar-refractivity contribution in [3.63, 3.8) is 0 Å². The van der Waals surface area contributed by atoms with Crippen molar-refractivity contribution in [2.24, 2.45) is 0 Å². The molecule has 0 aliphatic heterocycles. The molecule has 1 radical (unpaired) electrons. The summed E-state index contributed by atoms with van der Waals surface area (Å²) in [6.07, 6.45) is 23.9. The zero-order valence-electron chi connectivity index (χ0n) is 16.0. The standard InChI is InChI=1S/C21H41N2O/c1-3-4-5-6-7-8-9-10-11-12-13-14-15-16-17-18-19-22-21(2)23-20-24/h10-11,20-22H,2-9,12-19H2,1H3,(H,23,24)/b11-10-. The van der Waals surface area contributed by atoms with Gasteiger partial charge in [0.05, 0.1) is 6.17 Å². The number of carbonyl (C=O) groups is 1. The summed E-state index contributed by atoms with van der Waals surface area (Å²) in [5.74, 6) is 0. The summed E-state index contributed by atoms with van der Waals surface area (Å²) in [5.41, 5.74) is 0. The Morgan fingerprint density at radius 1 is 0.792 bits per heavy atom. The number of hydrogen-bond donors (Lipinski definition) is 2. The molecule has 0 saturated carbocycles. The van der Waals surface area contributed by atoms with Gasteiger partial charge >= 0.3 is 0 Å². The summed E-state index contributed by atoms with van der Waals surface area (Å²) >= 11 is 0. The van der Waals surface area contributed by atoms with Crippen LogP contribution in [0, 0.1) is 6.92 Å². The molecule has 0 heterocycles. The van der Waals surface area contributed by atoms with Crippen LogP contribution in [0.4, 0.5) is 0 Å². The highest BCUT2D eigenvalue weighted by molar-refractivity contribution is 5.46. The molecular weight excluding hydrogens is 296 g/mol. The Balaban J connectivity index is 3.11. The second kappa shape index (κ2) is 20.2. The van der Waals surface area contributed by atoms with Crippen LogP contribution in [-0.2, 0) is 4.79 Å². The zero-order valence-corrected chi connectivity index (χ0v) is 16.0. The van der Waals surface area contributed by atoms with Crippen LogP contribution in [0.15, 0.2) is 12.2 Å². The van der Waals surface area contributed by atoms with Crippen molar-refractivity contribution in [1.82, 2.24) is 10.6 Å². The second-order valence-corrected chi connectivity index (χ2v) is 6.73. The molecule has 0 fully saturated rings. The first kappa shape index (κ1) is 23.2. The van der Waals surface area contributed by atoms with Crippen LogP contribution in [0.1, 0.15) is 96.8 Å². The Morgan fingerprint density at radius 3 is 1.83 bits per heavy atom. The van der Waals surface area contributed by atoms with Crippen LogP contribution in [0.25, 0.3) is 0 Å². The lowest BCUT2D eigenvalue weighted by Gasteiger charge is -2.11. The van der Waals surface area contributed by atoms with Gasteiger partial charge in [0.15, 0.2) is 0 Å². The van der Waals surface area contributed by atoms with Gasteiger partial charge in [-0.05, 0) is 45.6 Å². The first-order valence-corrected chi connectivity index (χ1v) is 10.2. The molecule has 2 N–H and O–H groups in total. The number of unbranched alkanes of at least 4 members (excludes halogenated alkanes) is 12. The number of allylic oxidation sites excluding steroid dienone is 2. The van der Waals surface area contributed by atoms with Crippen LogP contribution in [0.3, 0.4) is 0 Å². The van der Waals surface area contributed by atoms with E-state index in [9.17, 15) is 4.79 Å². The Hall–Kier alpha value is -0.830. The Labute approximate surface area is 151 Å². The van der Waals surface area contributed by atoms with E-state index in [4.69, 9.17) is 0 Å². The molecule has 1 atom stereocenters. The lowest BCUT2D eigenvalue weighted by Crippen LogP contribution is -2.39.